The number of carbonyl (C=O) groups is 1. The van der Waals surface area contributed by atoms with E-state index in [1.807, 2.05) is 36.4 Å². The molecule has 1 amide bonds. The first-order valence-electron chi connectivity index (χ1n) is 10.2. The first-order chi connectivity index (χ1) is 16.5. The molecule has 0 radical (unpaired) electrons. The molecule has 9 heteroatoms. The maximum Gasteiger partial charge on any atom is 0.307 e. The van der Waals surface area contributed by atoms with Crippen molar-refractivity contribution in [2.24, 2.45) is 5.10 Å². The Balaban J connectivity index is 1.33. The molecule has 0 saturated carbocycles. The lowest BCUT2D eigenvalue weighted by atomic mass is 10.1. The normalized spacial score (nSPS) is 11.3. The van der Waals surface area contributed by atoms with Crippen LogP contribution in [0.4, 0.5) is 5.69 Å². The van der Waals surface area contributed by atoms with Crippen molar-refractivity contribution in [3.63, 3.8) is 0 Å². The van der Waals surface area contributed by atoms with E-state index in [2.05, 4.69) is 10.5 Å². The van der Waals surface area contributed by atoms with E-state index in [9.17, 15) is 14.9 Å². The maximum absolute atomic E-state index is 12.5. The number of rotatable bonds is 6. The second-order valence-electron chi connectivity index (χ2n) is 7.35. The van der Waals surface area contributed by atoms with Gasteiger partial charge in [-0.1, -0.05) is 30.3 Å². The Bertz CT molecular complexity index is 1580. The third-order valence-electron chi connectivity index (χ3n) is 5.30. The summed E-state index contributed by atoms with van der Waals surface area (Å²) in [5.74, 6) is 0.555. The highest BCUT2D eigenvalue weighted by molar-refractivity contribution is 6.08. The van der Waals surface area contributed by atoms with Gasteiger partial charge in [-0.15, -0.1) is 0 Å². The number of carbonyl (C=O) groups excluding carboxylic acids is 1. The molecule has 0 saturated heterocycles. The van der Waals surface area contributed by atoms with Gasteiger partial charge in [-0.3, -0.25) is 14.9 Å². The highest BCUT2D eigenvalue weighted by Gasteiger charge is 2.19. The zero-order chi connectivity index (χ0) is 23.7. The number of furan rings is 2. The number of benzene rings is 3. The number of nitrogens with zero attached hydrogens (tertiary/aromatic N) is 2. The third kappa shape index (κ3) is 3.86. The minimum absolute atomic E-state index is 0.123. The highest BCUT2D eigenvalue weighted by atomic mass is 16.6. The van der Waals surface area contributed by atoms with Crippen LogP contribution in [0.25, 0.3) is 33.1 Å². The van der Waals surface area contributed by atoms with E-state index in [0.717, 1.165) is 16.2 Å². The zero-order valence-corrected chi connectivity index (χ0v) is 17.8. The zero-order valence-electron chi connectivity index (χ0n) is 17.8. The van der Waals surface area contributed by atoms with Crippen LogP contribution in [0.1, 0.15) is 16.3 Å². The van der Waals surface area contributed by atoms with Crippen molar-refractivity contribution in [2.45, 2.75) is 0 Å². The number of hydrogen-bond donors (Lipinski definition) is 1. The number of nitrogens with one attached hydrogen (secondary N) is 1. The molecular weight excluding hydrogens is 438 g/mol. The van der Waals surface area contributed by atoms with Gasteiger partial charge in [-0.25, -0.2) is 5.43 Å². The molecule has 0 aliphatic rings. The molecule has 3 aromatic carbocycles. The molecular formula is C25H17N3O6. The first kappa shape index (κ1) is 21.0. The predicted molar refractivity (Wildman–Crippen MR) is 126 cm³/mol. The van der Waals surface area contributed by atoms with Gasteiger partial charge in [0.05, 0.1) is 29.9 Å². The van der Waals surface area contributed by atoms with Gasteiger partial charge in [0.2, 0.25) is 0 Å². The summed E-state index contributed by atoms with van der Waals surface area (Å²) in [7, 11) is 1.43. The highest BCUT2D eigenvalue weighted by Crippen LogP contribution is 2.34. The molecule has 0 atom stereocenters. The molecule has 5 aromatic rings. The van der Waals surface area contributed by atoms with Crippen LogP contribution in [-0.4, -0.2) is 24.2 Å². The van der Waals surface area contributed by atoms with Gasteiger partial charge in [-0.2, -0.15) is 5.10 Å². The number of hydrogen-bond acceptors (Lipinski definition) is 7. The van der Waals surface area contributed by atoms with Crippen LogP contribution in [0.5, 0.6) is 5.75 Å². The summed E-state index contributed by atoms with van der Waals surface area (Å²) < 4.78 is 16.4. The predicted octanol–water partition coefficient (Wildman–Crippen LogP) is 5.53. The molecule has 0 bridgehead atoms. The molecule has 34 heavy (non-hydrogen) atoms. The van der Waals surface area contributed by atoms with Crippen LogP contribution in [0.2, 0.25) is 0 Å². The van der Waals surface area contributed by atoms with E-state index in [4.69, 9.17) is 13.6 Å². The first-order valence-corrected chi connectivity index (χ1v) is 10.2. The monoisotopic (exact) mass is 455 g/mol. The maximum atomic E-state index is 12.5. The lowest BCUT2D eigenvalue weighted by Gasteiger charge is -2.03. The van der Waals surface area contributed by atoms with E-state index in [-0.39, 0.29) is 17.2 Å². The second-order valence-corrected chi connectivity index (χ2v) is 7.35. The number of fused-ring (bicyclic) bond motifs is 3. The van der Waals surface area contributed by atoms with Gasteiger partial charge in [0.15, 0.2) is 5.76 Å². The summed E-state index contributed by atoms with van der Waals surface area (Å²) in [6, 6.07) is 20.9. The molecule has 0 spiro atoms. The molecule has 0 aliphatic carbocycles. The quantitative estimate of drug-likeness (QED) is 0.204. The van der Waals surface area contributed by atoms with E-state index in [1.54, 1.807) is 30.3 Å². The van der Waals surface area contributed by atoms with Crippen LogP contribution in [-0.2, 0) is 0 Å². The summed E-state index contributed by atoms with van der Waals surface area (Å²) >= 11 is 0. The van der Waals surface area contributed by atoms with Crippen LogP contribution in [0.3, 0.4) is 0 Å². The molecule has 1 N–H and O–H groups in total. The lowest BCUT2D eigenvalue weighted by molar-refractivity contribution is -0.384. The van der Waals surface area contributed by atoms with Crippen molar-refractivity contribution >= 4 is 39.6 Å². The molecule has 9 nitrogen and oxygen atoms in total. The fraction of sp³-hybridized carbons (Fsp3) is 0.0400. The fourth-order valence-corrected chi connectivity index (χ4v) is 3.68. The summed E-state index contributed by atoms with van der Waals surface area (Å²) in [4.78, 5) is 23.4. The summed E-state index contributed by atoms with van der Waals surface area (Å²) in [6.07, 6.45) is 1.30. The molecule has 2 aromatic heterocycles. The Morgan fingerprint density at radius 2 is 1.88 bits per heavy atom. The smallest absolute Gasteiger partial charge is 0.307 e. The SMILES string of the molecule is COc1ccc(-c2ccc(/C=N/NC(=O)c3cc4c(ccc5ccccc54)o3)o2)c([N+](=O)[O-])c1. The Labute approximate surface area is 192 Å². The molecule has 2 heterocycles. The minimum Gasteiger partial charge on any atom is -0.497 e. The van der Waals surface area contributed by atoms with Gasteiger partial charge < -0.3 is 13.6 Å². The number of hydrazone groups is 1. The minimum atomic E-state index is -0.519. The Hall–Kier alpha value is -4.92. The Morgan fingerprint density at radius 1 is 1.03 bits per heavy atom. The van der Waals surface area contributed by atoms with Crippen LogP contribution >= 0.6 is 0 Å². The Morgan fingerprint density at radius 3 is 2.71 bits per heavy atom. The average Bonchev–Trinajstić information content (AvgIpc) is 3.51. The second kappa shape index (κ2) is 8.55. The van der Waals surface area contributed by atoms with Crippen molar-refractivity contribution in [3.05, 3.63) is 94.4 Å². The average molecular weight is 455 g/mol. The van der Waals surface area contributed by atoms with Crippen molar-refractivity contribution in [3.8, 4) is 17.1 Å². The number of nitro benzene ring substituents is 1. The lowest BCUT2D eigenvalue weighted by Crippen LogP contribution is -2.16. The van der Waals surface area contributed by atoms with Crippen LogP contribution in [0.15, 0.2) is 86.7 Å². The number of nitro groups is 1. The summed E-state index contributed by atoms with van der Waals surface area (Å²) in [6.45, 7) is 0. The van der Waals surface area contributed by atoms with Gasteiger partial charge in [-0.05, 0) is 47.2 Å². The molecule has 0 unspecified atom stereocenters. The van der Waals surface area contributed by atoms with Crippen molar-refractivity contribution in [2.75, 3.05) is 7.11 Å². The largest absolute Gasteiger partial charge is 0.497 e. The van der Waals surface area contributed by atoms with E-state index in [1.165, 1.54) is 19.4 Å². The molecule has 0 fully saturated rings. The van der Waals surface area contributed by atoms with E-state index in [0.29, 0.717) is 22.7 Å². The standard InChI is InChI=1S/C25H17N3O6/c1-32-16-7-9-19(21(12-16)28(30)31)22-11-8-17(33-22)14-26-27-25(29)24-13-20-18-5-3-2-4-15(18)6-10-23(20)34-24/h2-14H,1H3,(H,27,29)/b26-14+. The van der Waals surface area contributed by atoms with Crippen molar-refractivity contribution in [1.29, 1.82) is 0 Å². The van der Waals surface area contributed by atoms with Crippen molar-refractivity contribution in [1.82, 2.24) is 5.43 Å². The van der Waals surface area contributed by atoms with E-state index >= 15 is 0 Å². The third-order valence-corrected chi connectivity index (χ3v) is 5.30. The number of methoxy groups -OCH3 is 1. The number of ether oxygens (including phenoxy) is 1. The molecule has 5 rings (SSSR count). The van der Waals surface area contributed by atoms with Gasteiger partial charge in [0.1, 0.15) is 22.9 Å². The van der Waals surface area contributed by atoms with Crippen LogP contribution in [0, 0.1) is 10.1 Å². The van der Waals surface area contributed by atoms with Gasteiger partial charge >= 0.3 is 5.91 Å². The van der Waals surface area contributed by atoms with Gasteiger partial charge in [0.25, 0.3) is 5.69 Å². The van der Waals surface area contributed by atoms with Gasteiger partial charge in [0, 0.05) is 5.39 Å². The molecule has 168 valence electrons. The summed E-state index contributed by atoms with van der Waals surface area (Å²) in [5.41, 5.74) is 3.15. The molecule has 0 aliphatic heterocycles. The fourth-order valence-electron chi connectivity index (χ4n) is 3.68. The summed E-state index contributed by atoms with van der Waals surface area (Å²) in [5, 5.41) is 18.2. The van der Waals surface area contributed by atoms with Crippen molar-refractivity contribution < 1.29 is 23.3 Å². The topological polar surface area (TPSA) is 120 Å². The van der Waals surface area contributed by atoms with E-state index < -0.39 is 10.8 Å². The number of amides is 1. The Kier molecular flexibility index (Phi) is 5.27. The van der Waals surface area contributed by atoms with Crippen LogP contribution < -0.4 is 10.2 Å².